The molecule has 7 heteroatoms. The van der Waals surface area contributed by atoms with Crippen molar-refractivity contribution in [3.05, 3.63) is 54.1 Å². The van der Waals surface area contributed by atoms with Gasteiger partial charge < -0.3 is 25.5 Å². The van der Waals surface area contributed by atoms with Crippen LogP contribution in [0.1, 0.15) is 32.4 Å². The molecule has 1 amide bonds. The molecule has 1 fully saturated rings. The number of carboxylic acid groups (broad SMARTS) is 1. The molecule has 3 N–H and O–H groups in total. The zero-order valence-corrected chi connectivity index (χ0v) is 18.4. The van der Waals surface area contributed by atoms with Crippen molar-refractivity contribution in [2.24, 2.45) is 5.92 Å². The largest absolute Gasteiger partial charge is 0.483 e. The third kappa shape index (κ3) is 4.99. The van der Waals surface area contributed by atoms with Crippen molar-refractivity contribution in [3.63, 3.8) is 0 Å². The maximum absolute atomic E-state index is 12.3. The molecule has 166 valence electrons. The number of amides is 1. The quantitative estimate of drug-likeness (QED) is 0.656. The number of anilines is 3. The summed E-state index contributed by atoms with van der Waals surface area (Å²) in [6.45, 7) is 9.92. The van der Waals surface area contributed by atoms with Crippen LogP contribution in [-0.4, -0.2) is 49.7 Å². The van der Waals surface area contributed by atoms with Crippen molar-refractivity contribution in [3.8, 4) is 0 Å². The minimum Gasteiger partial charge on any atom is -0.483 e. The second kappa shape index (κ2) is 10.3. The summed E-state index contributed by atoms with van der Waals surface area (Å²) in [6.07, 6.45) is 0. The van der Waals surface area contributed by atoms with Crippen LogP contribution in [0.15, 0.2) is 48.5 Å². The van der Waals surface area contributed by atoms with Gasteiger partial charge in [0.25, 0.3) is 6.47 Å². The Labute approximate surface area is 184 Å². The van der Waals surface area contributed by atoms with Crippen LogP contribution >= 0.6 is 0 Å². The highest BCUT2D eigenvalue weighted by atomic mass is 16.3. The molecule has 2 aromatic rings. The van der Waals surface area contributed by atoms with E-state index in [2.05, 4.69) is 71.8 Å². The number of para-hydroxylation sites is 1. The number of hydrogen-bond donors (Lipinski definition) is 3. The highest BCUT2D eigenvalue weighted by molar-refractivity contribution is 5.94. The van der Waals surface area contributed by atoms with E-state index in [1.165, 1.54) is 11.3 Å². The second-order valence-corrected chi connectivity index (χ2v) is 8.06. The third-order valence-electron chi connectivity index (χ3n) is 6.22. The summed E-state index contributed by atoms with van der Waals surface area (Å²) in [5, 5.41) is 14.1. The molecule has 0 radical (unpaired) electrons. The minimum atomic E-state index is -0.250. The molecule has 0 spiro atoms. The highest BCUT2D eigenvalue weighted by Gasteiger charge is 2.37. The molecule has 1 saturated heterocycles. The lowest BCUT2D eigenvalue weighted by Crippen LogP contribution is -2.48. The van der Waals surface area contributed by atoms with Gasteiger partial charge in [-0.25, -0.2) is 0 Å². The number of carbonyl (C=O) groups excluding carboxylic acids is 1. The molecule has 0 bridgehead atoms. The Morgan fingerprint density at radius 1 is 1.13 bits per heavy atom. The lowest BCUT2D eigenvalue weighted by Gasteiger charge is -2.44. The number of fused-ring (bicyclic) bond motifs is 1. The Kier molecular flexibility index (Phi) is 7.52. The van der Waals surface area contributed by atoms with E-state index in [0.29, 0.717) is 5.92 Å². The molecule has 0 unspecified atom stereocenters. The van der Waals surface area contributed by atoms with Gasteiger partial charge in [0.15, 0.2) is 0 Å². The highest BCUT2D eigenvalue weighted by Crippen LogP contribution is 2.42. The summed E-state index contributed by atoms with van der Waals surface area (Å²) in [4.78, 5) is 25.0. The SMILES string of the molecule is CC(=O)N1c2ccccc2[C@H](Nc2cccc(N3CCNCC3)c2)[C@@H](C)[C@@H]1C.O=CO. The molecule has 2 aromatic carbocycles. The van der Waals surface area contributed by atoms with Crippen LogP contribution in [0.2, 0.25) is 0 Å². The van der Waals surface area contributed by atoms with Crippen molar-refractivity contribution in [2.45, 2.75) is 32.9 Å². The first-order valence-electron chi connectivity index (χ1n) is 10.8. The molecule has 0 saturated carbocycles. The van der Waals surface area contributed by atoms with Gasteiger partial charge in [0.1, 0.15) is 0 Å². The van der Waals surface area contributed by atoms with Gasteiger partial charge >= 0.3 is 0 Å². The van der Waals surface area contributed by atoms with Gasteiger partial charge in [-0.2, -0.15) is 0 Å². The minimum absolute atomic E-state index is 0.103. The fraction of sp³-hybridized carbons (Fsp3) is 0.417. The number of hydrogen-bond acceptors (Lipinski definition) is 5. The maximum Gasteiger partial charge on any atom is 0.290 e. The van der Waals surface area contributed by atoms with Crippen LogP contribution in [0.4, 0.5) is 17.1 Å². The van der Waals surface area contributed by atoms with Crippen LogP contribution in [0, 0.1) is 5.92 Å². The molecule has 2 aliphatic heterocycles. The Balaban J connectivity index is 0.000000858. The summed E-state index contributed by atoms with van der Waals surface area (Å²) < 4.78 is 0. The van der Waals surface area contributed by atoms with E-state index < -0.39 is 0 Å². The van der Waals surface area contributed by atoms with E-state index in [0.717, 1.165) is 37.6 Å². The van der Waals surface area contributed by atoms with E-state index in [1.54, 1.807) is 6.92 Å². The second-order valence-electron chi connectivity index (χ2n) is 8.06. The molecular weight excluding hydrogens is 392 g/mol. The smallest absolute Gasteiger partial charge is 0.290 e. The Bertz CT molecular complexity index is 898. The average molecular weight is 425 g/mol. The fourth-order valence-corrected chi connectivity index (χ4v) is 4.55. The van der Waals surface area contributed by atoms with Crippen molar-refractivity contribution in [1.82, 2.24) is 5.32 Å². The number of nitrogens with one attached hydrogen (secondary N) is 2. The number of benzene rings is 2. The molecule has 31 heavy (non-hydrogen) atoms. The van der Waals surface area contributed by atoms with Crippen molar-refractivity contribution >= 4 is 29.4 Å². The normalized spacial score (nSPS) is 22.6. The first kappa shape index (κ1) is 22.6. The zero-order chi connectivity index (χ0) is 22.4. The van der Waals surface area contributed by atoms with Gasteiger partial charge in [-0.15, -0.1) is 0 Å². The maximum atomic E-state index is 12.3. The van der Waals surface area contributed by atoms with Crippen LogP contribution < -0.4 is 20.4 Å². The van der Waals surface area contributed by atoms with Crippen molar-refractivity contribution in [2.75, 3.05) is 41.3 Å². The Morgan fingerprint density at radius 3 is 2.48 bits per heavy atom. The van der Waals surface area contributed by atoms with Gasteiger partial charge in [0, 0.05) is 62.1 Å². The van der Waals surface area contributed by atoms with Crippen molar-refractivity contribution < 1.29 is 14.7 Å². The molecule has 2 aliphatic rings. The molecular formula is C24H32N4O3. The Hall–Kier alpha value is -3.06. The van der Waals surface area contributed by atoms with E-state index in [4.69, 9.17) is 9.90 Å². The van der Waals surface area contributed by atoms with E-state index >= 15 is 0 Å². The lowest BCUT2D eigenvalue weighted by atomic mass is 9.82. The standard InChI is InChI=1S/C23H30N4O.CH2O2/c1-16-17(2)27(18(3)28)22-10-5-4-9-21(22)23(16)25-19-7-6-8-20(15-19)26-13-11-24-12-14-26;2-1-3/h4-10,15-17,23-25H,11-14H2,1-3H3;1H,(H,2,3)/t16-,17-,23+;/m0./s1. The summed E-state index contributed by atoms with van der Waals surface area (Å²) in [6, 6.07) is 17.3. The molecule has 0 aliphatic carbocycles. The number of nitrogens with zero attached hydrogens (tertiary/aromatic N) is 2. The fourth-order valence-electron chi connectivity index (χ4n) is 4.55. The lowest BCUT2D eigenvalue weighted by molar-refractivity contribution is -0.123. The van der Waals surface area contributed by atoms with Crippen LogP contribution in [0.25, 0.3) is 0 Å². The summed E-state index contributed by atoms with van der Waals surface area (Å²) in [7, 11) is 0. The van der Waals surface area contributed by atoms with E-state index in [-0.39, 0.29) is 24.5 Å². The predicted molar refractivity (Wildman–Crippen MR) is 125 cm³/mol. The molecule has 7 nitrogen and oxygen atoms in total. The van der Waals surface area contributed by atoms with Gasteiger partial charge in [-0.3, -0.25) is 9.59 Å². The molecule has 4 rings (SSSR count). The van der Waals surface area contributed by atoms with Crippen LogP contribution in [0.5, 0.6) is 0 Å². The van der Waals surface area contributed by atoms with Crippen LogP contribution in [-0.2, 0) is 9.59 Å². The molecule has 3 atom stereocenters. The summed E-state index contributed by atoms with van der Waals surface area (Å²) in [5.74, 6) is 0.396. The number of rotatable bonds is 3. The molecule has 0 aromatic heterocycles. The van der Waals surface area contributed by atoms with Crippen molar-refractivity contribution in [1.29, 1.82) is 0 Å². The van der Waals surface area contributed by atoms with E-state index in [9.17, 15) is 4.79 Å². The summed E-state index contributed by atoms with van der Waals surface area (Å²) in [5.41, 5.74) is 4.61. The zero-order valence-electron chi connectivity index (χ0n) is 18.4. The monoisotopic (exact) mass is 424 g/mol. The molecule has 2 heterocycles. The summed E-state index contributed by atoms with van der Waals surface area (Å²) >= 11 is 0. The first-order chi connectivity index (χ1) is 15.0. The van der Waals surface area contributed by atoms with Gasteiger partial charge in [0.05, 0.1) is 6.04 Å². The first-order valence-corrected chi connectivity index (χ1v) is 10.8. The van der Waals surface area contributed by atoms with Gasteiger partial charge in [0.2, 0.25) is 5.91 Å². The average Bonchev–Trinajstić information content (AvgIpc) is 2.78. The van der Waals surface area contributed by atoms with Crippen LogP contribution in [0.3, 0.4) is 0 Å². The Morgan fingerprint density at radius 2 is 1.81 bits per heavy atom. The topological polar surface area (TPSA) is 84.9 Å². The van der Waals surface area contributed by atoms with Gasteiger partial charge in [-0.05, 0) is 36.8 Å². The number of carbonyl (C=O) groups is 2. The number of piperazine rings is 1. The third-order valence-corrected chi connectivity index (χ3v) is 6.22. The van der Waals surface area contributed by atoms with Gasteiger partial charge in [-0.1, -0.05) is 31.2 Å². The predicted octanol–water partition coefficient (Wildman–Crippen LogP) is 3.34. The van der Waals surface area contributed by atoms with E-state index in [1.807, 2.05) is 11.0 Å².